The van der Waals surface area contributed by atoms with Crippen LogP contribution in [0.3, 0.4) is 0 Å². The molecule has 8 nitrogen and oxygen atoms in total. The van der Waals surface area contributed by atoms with Gasteiger partial charge in [0.1, 0.15) is 28.5 Å². The molecule has 0 radical (unpaired) electrons. The molecule has 0 spiro atoms. The van der Waals surface area contributed by atoms with Gasteiger partial charge in [-0.1, -0.05) is 0 Å². The van der Waals surface area contributed by atoms with Crippen LogP contribution in [0.15, 0.2) is 29.4 Å². The van der Waals surface area contributed by atoms with Gasteiger partial charge in [0.15, 0.2) is 0 Å². The molecule has 1 fully saturated rings. The lowest BCUT2D eigenvalue weighted by Gasteiger charge is -2.19. The first-order valence-corrected chi connectivity index (χ1v) is 8.99. The van der Waals surface area contributed by atoms with E-state index in [4.69, 9.17) is 9.47 Å². The molecule has 0 saturated carbocycles. The molecule has 2 aromatic rings. The number of aromatic nitrogens is 3. The fraction of sp³-hybridized carbons (Fsp3) is 0.467. The van der Waals surface area contributed by atoms with Crippen LogP contribution >= 0.6 is 0 Å². The number of rotatable bonds is 5. The van der Waals surface area contributed by atoms with Crippen molar-refractivity contribution in [3.05, 3.63) is 30.4 Å². The maximum atomic E-state index is 13.0. The Bertz CT molecular complexity index is 834. The van der Waals surface area contributed by atoms with Gasteiger partial charge in [0.05, 0.1) is 20.3 Å². The average Bonchev–Trinajstić information content (AvgIpc) is 3.23. The van der Waals surface area contributed by atoms with Gasteiger partial charge in [0, 0.05) is 19.2 Å². The summed E-state index contributed by atoms with van der Waals surface area (Å²) in [5.41, 5.74) is 0. The molecule has 1 atom stereocenters. The number of aryl methyl sites for hydroxylation is 1. The first-order valence-electron chi connectivity index (χ1n) is 7.55. The number of ether oxygens (including phenoxy) is 2. The standard InChI is InChI=1S/C15H20N4O4S/c1-11-17-16-10-19(11)12-6-7-18(9-12)24(20,21)15-8-13(22-2)4-5-14(15)23-3/h4-5,8,10,12H,6-7,9H2,1-3H3. The zero-order valence-electron chi connectivity index (χ0n) is 13.8. The zero-order valence-corrected chi connectivity index (χ0v) is 14.7. The van der Waals surface area contributed by atoms with Crippen molar-refractivity contribution >= 4 is 10.0 Å². The van der Waals surface area contributed by atoms with Crippen molar-refractivity contribution in [2.45, 2.75) is 24.3 Å². The normalized spacial score (nSPS) is 18.7. The Labute approximate surface area is 141 Å². The van der Waals surface area contributed by atoms with Crippen LogP contribution in [-0.4, -0.2) is 54.8 Å². The van der Waals surface area contributed by atoms with E-state index in [0.717, 1.165) is 5.82 Å². The molecule has 2 heterocycles. The van der Waals surface area contributed by atoms with Gasteiger partial charge < -0.3 is 14.0 Å². The molecule has 0 aliphatic carbocycles. The van der Waals surface area contributed by atoms with E-state index >= 15 is 0 Å². The number of hydrogen-bond donors (Lipinski definition) is 0. The Morgan fingerprint density at radius 2 is 2.04 bits per heavy atom. The molecule has 1 aliphatic heterocycles. The Balaban J connectivity index is 1.91. The number of nitrogens with zero attached hydrogens (tertiary/aromatic N) is 4. The number of benzene rings is 1. The lowest BCUT2D eigenvalue weighted by Crippen LogP contribution is -2.29. The monoisotopic (exact) mass is 352 g/mol. The van der Waals surface area contributed by atoms with Gasteiger partial charge in [0.25, 0.3) is 0 Å². The van der Waals surface area contributed by atoms with Crippen molar-refractivity contribution in [2.24, 2.45) is 0 Å². The van der Waals surface area contributed by atoms with Crippen LogP contribution in [0, 0.1) is 6.92 Å². The minimum atomic E-state index is -3.68. The van der Waals surface area contributed by atoms with Gasteiger partial charge in [-0.3, -0.25) is 0 Å². The highest BCUT2D eigenvalue weighted by atomic mass is 32.2. The van der Waals surface area contributed by atoms with E-state index in [2.05, 4.69) is 10.2 Å². The van der Waals surface area contributed by atoms with Crippen molar-refractivity contribution in [1.29, 1.82) is 0 Å². The van der Waals surface area contributed by atoms with Gasteiger partial charge >= 0.3 is 0 Å². The highest BCUT2D eigenvalue weighted by molar-refractivity contribution is 7.89. The highest BCUT2D eigenvalue weighted by Crippen LogP contribution is 2.34. The van der Waals surface area contributed by atoms with Crippen LogP contribution in [0.4, 0.5) is 0 Å². The molecule has 1 aromatic carbocycles. The third kappa shape index (κ3) is 2.84. The Kier molecular flexibility index (Phi) is 4.46. The van der Waals surface area contributed by atoms with Gasteiger partial charge in [-0.2, -0.15) is 4.31 Å². The van der Waals surface area contributed by atoms with Crippen molar-refractivity contribution < 1.29 is 17.9 Å². The molecule has 130 valence electrons. The van der Waals surface area contributed by atoms with Crippen molar-refractivity contribution in [2.75, 3.05) is 27.3 Å². The van der Waals surface area contributed by atoms with Crippen LogP contribution in [0.25, 0.3) is 0 Å². The molecule has 3 rings (SSSR count). The predicted octanol–water partition coefficient (Wildman–Crippen LogP) is 1.24. The number of hydrogen-bond acceptors (Lipinski definition) is 6. The molecule has 1 saturated heterocycles. The molecule has 0 bridgehead atoms. The Morgan fingerprint density at radius 1 is 1.25 bits per heavy atom. The number of sulfonamides is 1. The largest absolute Gasteiger partial charge is 0.497 e. The quantitative estimate of drug-likeness (QED) is 0.805. The van der Waals surface area contributed by atoms with Crippen molar-refractivity contribution in [1.82, 2.24) is 19.1 Å². The third-order valence-electron chi connectivity index (χ3n) is 4.26. The van der Waals surface area contributed by atoms with Crippen molar-refractivity contribution in [3.63, 3.8) is 0 Å². The SMILES string of the molecule is COc1ccc(OC)c(S(=O)(=O)N2CCC(n3cnnc3C)C2)c1. The molecule has 0 amide bonds. The lowest BCUT2D eigenvalue weighted by atomic mass is 10.2. The van der Waals surface area contributed by atoms with Crippen LogP contribution in [0.5, 0.6) is 11.5 Å². The van der Waals surface area contributed by atoms with E-state index in [9.17, 15) is 8.42 Å². The molecule has 1 aliphatic rings. The zero-order chi connectivity index (χ0) is 17.3. The summed E-state index contributed by atoms with van der Waals surface area (Å²) >= 11 is 0. The summed E-state index contributed by atoms with van der Waals surface area (Å²) in [5, 5.41) is 7.84. The number of methoxy groups -OCH3 is 2. The fourth-order valence-corrected chi connectivity index (χ4v) is 4.60. The van der Waals surface area contributed by atoms with E-state index in [1.165, 1.54) is 24.6 Å². The van der Waals surface area contributed by atoms with Gasteiger partial charge in [-0.15, -0.1) is 10.2 Å². The summed E-state index contributed by atoms with van der Waals surface area (Å²) in [6.07, 6.45) is 2.35. The minimum Gasteiger partial charge on any atom is -0.497 e. The van der Waals surface area contributed by atoms with E-state index in [1.807, 2.05) is 11.5 Å². The second kappa shape index (κ2) is 6.40. The summed E-state index contributed by atoms with van der Waals surface area (Å²) in [6, 6.07) is 4.80. The lowest BCUT2D eigenvalue weighted by molar-refractivity contribution is 0.387. The third-order valence-corrected chi connectivity index (χ3v) is 6.15. The second-order valence-electron chi connectivity index (χ2n) is 5.61. The fourth-order valence-electron chi connectivity index (χ4n) is 2.94. The van der Waals surface area contributed by atoms with Gasteiger partial charge in [-0.25, -0.2) is 8.42 Å². The average molecular weight is 352 g/mol. The predicted molar refractivity (Wildman–Crippen MR) is 86.7 cm³/mol. The molecule has 24 heavy (non-hydrogen) atoms. The second-order valence-corrected chi connectivity index (χ2v) is 7.51. The van der Waals surface area contributed by atoms with Crippen LogP contribution < -0.4 is 9.47 Å². The van der Waals surface area contributed by atoms with Crippen LogP contribution in [0.2, 0.25) is 0 Å². The van der Waals surface area contributed by atoms with Gasteiger partial charge in [-0.05, 0) is 25.5 Å². The first kappa shape index (κ1) is 16.7. The molecular weight excluding hydrogens is 332 g/mol. The summed E-state index contributed by atoms with van der Waals surface area (Å²) in [7, 11) is -0.725. The molecule has 1 aromatic heterocycles. The van der Waals surface area contributed by atoms with E-state index in [1.54, 1.807) is 18.5 Å². The summed E-state index contributed by atoms with van der Waals surface area (Å²) in [5.74, 6) is 1.55. The maximum absolute atomic E-state index is 13.0. The molecular formula is C15H20N4O4S. The van der Waals surface area contributed by atoms with Crippen molar-refractivity contribution in [3.8, 4) is 11.5 Å². The van der Waals surface area contributed by atoms with E-state index in [0.29, 0.717) is 31.0 Å². The summed E-state index contributed by atoms with van der Waals surface area (Å²) in [4.78, 5) is 0.116. The molecule has 9 heteroatoms. The molecule has 0 N–H and O–H groups in total. The smallest absolute Gasteiger partial charge is 0.246 e. The highest BCUT2D eigenvalue weighted by Gasteiger charge is 2.35. The Hall–Kier alpha value is -2.13. The topological polar surface area (TPSA) is 86.5 Å². The van der Waals surface area contributed by atoms with Crippen LogP contribution in [-0.2, 0) is 10.0 Å². The summed E-state index contributed by atoms with van der Waals surface area (Å²) < 4.78 is 39.8. The molecule has 1 unspecified atom stereocenters. The minimum absolute atomic E-state index is 0.0337. The van der Waals surface area contributed by atoms with E-state index < -0.39 is 10.0 Å². The maximum Gasteiger partial charge on any atom is 0.246 e. The Morgan fingerprint density at radius 3 is 2.67 bits per heavy atom. The van der Waals surface area contributed by atoms with Gasteiger partial charge in [0.2, 0.25) is 10.0 Å². The first-order chi connectivity index (χ1) is 11.5. The summed E-state index contributed by atoms with van der Waals surface area (Å²) in [6.45, 7) is 2.67. The van der Waals surface area contributed by atoms with E-state index in [-0.39, 0.29) is 10.9 Å². The van der Waals surface area contributed by atoms with Crippen LogP contribution in [0.1, 0.15) is 18.3 Å².